The van der Waals surface area contributed by atoms with Crippen molar-refractivity contribution in [1.29, 1.82) is 0 Å². The van der Waals surface area contributed by atoms with E-state index in [4.69, 9.17) is 4.42 Å². The smallest absolute Gasteiger partial charge is 0.137 e. The molecule has 9 aromatic rings. The Balaban J connectivity index is 1.30. The van der Waals surface area contributed by atoms with Crippen LogP contribution in [-0.4, -0.2) is 0 Å². The van der Waals surface area contributed by atoms with Gasteiger partial charge in [0.25, 0.3) is 0 Å². The number of hydrogen-bond acceptors (Lipinski definition) is 3. The van der Waals surface area contributed by atoms with E-state index in [2.05, 4.69) is 163 Å². The standard InChI is InChI=1S/C42H27NOS/c1-2-11-28(12-3-1)29-21-23-30(24-22-29)32-13-4-7-16-36(32)43(31-25-26-41-35(27-31)33-14-6-9-20-40(33)45-41)37-17-10-19-39-42(37)34-15-5-8-18-38(34)44-39/h1-27H. The average Bonchev–Trinajstić information content (AvgIpc) is 3.68. The first-order chi connectivity index (χ1) is 22.3. The van der Waals surface area contributed by atoms with Gasteiger partial charge in [-0.3, -0.25) is 0 Å². The Morgan fingerprint density at radius 2 is 1.07 bits per heavy atom. The number of furan rings is 1. The lowest BCUT2D eigenvalue weighted by molar-refractivity contribution is 0.669. The summed E-state index contributed by atoms with van der Waals surface area (Å²) in [6.07, 6.45) is 0. The average molecular weight is 594 g/mol. The van der Waals surface area contributed by atoms with Gasteiger partial charge in [-0.05, 0) is 65.2 Å². The second kappa shape index (κ2) is 10.5. The van der Waals surface area contributed by atoms with E-state index >= 15 is 0 Å². The van der Waals surface area contributed by atoms with E-state index in [1.54, 1.807) is 0 Å². The summed E-state index contributed by atoms with van der Waals surface area (Å²) in [4.78, 5) is 2.41. The second-order valence-corrected chi connectivity index (χ2v) is 12.4. The highest BCUT2D eigenvalue weighted by atomic mass is 32.1. The number of thiophene rings is 1. The Kier molecular flexibility index (Phi) is 6.03. The summed E-state index contributed by atoms with van der Waals surface area (Å²) in [7, 11) is 0. The van der Waals surface area contributed by atoms with Gasteiger partial charge < -0.3 is 9.32 Å². The van der Waals surface area contributed by atoms with Crippen molar-refractivity contribution in [2.24, 2.45) is 0 Å². The minimum Gasteiger partial charge on any atom is -0.456 e. The predicted molar refractivity (Wildman–Crippen MR) is 192 cm³/mol. The fourth-order valence-electron chi connectivity index (χ4n) is 6.59. The van der Waals surface area contributed by atoms with Crippen molar-refractivity contribution < 1.29 is 4.42 Å². The second-order valence-electron chi connectivity index (χ2n) is 11.3. The zero-order valence-corrected chi connectivity index (χ0v) is 25.2. The minimum atomic E-state index is 0.880. The molecular formula is C42H27NOS. The number of para-hydroxylation sites is 2. The van der Waals surface area contributed by atoms with Crippen LogP contribution in [0.4, 0.5) is 17.1 Å². The van der Waals surface area contributed by atoms with E-state index in [-0.39, 0.29) is 0 Å². The van der Waals surface area contributed by atoms with Gasteiger partial charge in [-0.15, -0.1) is 11.3 Å². The molecule has 0 saturated carbocycles. The molecule has 0 saturated heterocycles. The highest BCUT2D eigenvalue weighted by Gasteiger charge is 2.22. The van der Waals surface area contributed by atoms with Crippen molar-refractivity contribution in [2.75, 3.05) is 4.90 Å². The number of anilines is 3. The zero-order valence-electron chi connectivity index (χ0n) is 24.4. The maximum atomic E-state index is 6.38. The summed E-state index contributed by atoms with van der Waals surface area (Å²) >= 11 is 1.85. The first-order valence-corrected chi connectivity index (χ1v) is 16.0. The molecule has 212 valence electrons. The molecule has 0 spiro atoms. The molecule has 0 atom stereocenters. The number of benzene rings is 7. The SMILES string of the molecule is c1ccc(-c2ccc(-c3ccccc3N(c3ccc4sc5ccccc5c4c3)c3cccc4oc5ccccc5c34)cc2)cc1. The van der Waals surface area contributed by atoms with Crippen molar-refractivity contribution >= 4 is 70.5 Å². The Bertz CT molecular complexity index is 2490. The molecule has 0 unspecified atom stereocenters. The van der Waals surface area contributed by atoms with Gasteiger partial charge in [0, 0.05) is 36.8 Å². The Morgan fingerprint density at radius 1 is 0.422 bits per heavy atom. The molecule has 0 aliphatic heterocycles. The van der Waals surface area contributed by atoms with Crippen LogP contribution in [0.15, 0.2) is 168 Å². The zero-order chi connectivity index (χ0) is 29.7. The Hall–Kier alpha value is -5.64. The lowest BCUT2D eigenvalue weighted by Crippen LogP contribution is -2.11. The molecule has 2 nitrogen and oxygen atoms in total. The van der Waals surface area contributed by atoms with Crippen LogP contribution in [0.25, 0.3) is 64.4 Å². The molecule has 0 radical (unpaired) electrons. The monoisotopic (exact) mass is 593 g/mol. The molecule has 0 aliphatic rings. The first-order valence-electron chi connectivity index (χ1n) is 15.2. The lowest BCUT2D eigenvalue weighted by atomic mass is 9.98. The van der Waals surface area contributed by atoms with Gasteiger partial charge >= 0.3 is 0 Å². The van der Waals surface area contributed by atoms with Gasteiger partial charge in [0.15, 0.2) is 0 Å². The maximum Gasteiger partial charge on any atom is 0.137 e. The predicted octanol–water partition coefficient (Wildman–Crippen LogP) is 12.8. The lowest BCUT2D eigenvalue weighted by Gasteiger charge is -2.28. The largest absolute Gasteiger partial charge is 0.456 e. The van der Waals surface area contributed by atoms with Crippen molar-refractivity contribution in [2.45, 2.75) is 0 Å². The van der Waals surface area contributed by atoms with E-state index in [1.165, 1.54) is 36.9 Å². The van der Waals surface area contributed by atoms with Crippen molar-refractivity contribution in [3.63, 3.8) is 0 Å². The van der Waals surface area contributed by atoms with Crippen LogP contribution in [0.1, 0.15) is 0 Å². The molecule has 2 aromatic heterocycles. The van der Waals surface area contributed by atoms with Gasteiger partial charge in [-0.25, -0.2) is 0 Å². The summed E-state index contributed by atoms with van der Waals surface area (Å²) in [6, 6.07) is 58.5. The first kappa shape index (κ1) is 25.8. The molecule has 7 aromatic carbocycles. The Morgan fingerprint density at radius 3 is 1.96 bits per heavy atom. The molecule has 0 N–H and O–H groups in total. The van der Waals surface area contributed by atoms with E-state index in [9.17, 15) is 0 Å². The quantitative estimate of drug-likeness (QED) is 0.197. The highest BCUT2D eigenvalue weighted by Crippen LogP contribution is 2.47. The van der Waals surface area contributed by atoms with Gasteiger partial charge in [-0.2, -0.15) is 0 Å². The minimum absolute atomic E-state index is 0.880. The van der Waals surface area contributed by atoms with E-state index in [1.807, 2.05) is 17.4 Å². The van der Waals surface area contributed by atoms with E-state index in [0.29, 0.717) is 0 Å². The molecule has 3 heteroatoms. The molecular weight excluding hydrogens is 567 g/mol. The van der Waals surface area contributed by atoms with Crippen LogP contribution < -0.4 is 4.90 Å². The van der Waals surface area contributed by atoms with E-state index < -0.39 is 0 Å². The molecule has 9 rings (SSSR count). The van der Waals surface area contributed by atoms with Gasteiger partial charge in [0.05, 0.1) is 16.8 Å². The number of rotatable bonds is 5. The van der Waals surface area contributed by atoms with Crippen LogP contribution in [0.3, 0.4) is 0 Å². The summed E-state index contributed by atoms with van der Waals surface area (Å²) in [6.45, 7) is 0. The third kappa shape index (κ3) is 4.32. The van der Waals surface area contributed by atoms with Gasteiger partial charge in [0.2, 0.25) is 0 Å². The van der Waals surface area contributed by atoms with Crippen LogP contribution in [0.5, 0.6) is 0 Å². The normalized spacial score (nSPS) is 11.6. The molecule has 0 aliphatic carbocycles. The Labute approximate surface area is 265 Å². The summed E-state index contributed by atoms with van der Waals surface area (Å²) in [5.74, 6) is 0. The molecule has 0 fully saturated rings. The number of fused-ring (bicyclic) bond motifs is 6. The number of nitrogens with zero attached hydrogens (tertiary/aromatic N) is 1. The summed E-state index contributed by atoms with van der Waals surface area (Å²) in [5.41, 5.74) is 9.84. The van der Waals surface area contributed by atoms with Crippen LogP contribution in [-0.2, 0) is 0 Å². The topological polar surface area (TPSA) is 16.4 Å². The van der Waals surface area contributed by atoms with Crippen LogP contribution >= 0.6 is 11.3 Å². The molecule has 0 amide bonds. The van der Waals surface area contributed by atoms with Crippen LogP contribution in [0, 0.1) is 0 Å². The summed E-state index contributed by atoms with van der Waals surface area (Å²) in [5, 5.41) is 4.78. The fraction of sp³-hybridized carbons (Fsp3) is 0. The van der Waals surface area contributed by atoms with Gasteiger partial charge in [0.1, 0.15) is 11.2 Å². The molecule has 0 bridgehead atoms. The number of hydrogen-bond donors (Lipinski definition) is 0. The van der Waals surface area contributed by atoms with Crippen molar-refractivity contribution in [1.82, 2.24) is 0 Å². The molecule has 45 heavy (non-hydrogen) atoms. The highest BCUT2D eigenvalue weighted by molar-refractivity contribution is 7.25. The van der Waals surface area contributed by atoms with Crippen molar-refractivity contribution in [3.05, 3.63) is 164 Å². The van der Waals surface area contributed by atoms with Crippen LogP contribution in [0.2, 0.25) is 0 Å². The maximum absolute atomic E-state index is 6.38. The van der Waals surface area contributed by atoms with Crippen molar-refractivity contribution in [3.8, 4) is 22.3 Å². The third-order valence-electron chi connectivity index (χ3n) is 8.69. The van der Waals surface area contributed by atoms with Gasteiger partial charge in [-0.1, -0.05) is 115 Å². The fourth-order valence-corrected chi connectivity index (χ4v) is 7.68. The summed E-state index contributed by atoms with van der Waals surface area (Å²) < 4.78 is 8.97. The molecule has 2 heterocycles. The third-order valence-corrected chi connectivity index (χ3v) is 9.84. The van der Waals surface area contributed by atoms with E-state index in [0.717, 1.165) is 44.6 Å².